The largest absolute Gasteiger partial charge is 0.497 e. The van der Waals surface area contributed by atoms with Crippen LogP contribution >= 0.6 is 0 Å². The van der Waals surface area contributed by atoms with E-state index < -0.39 is 9.84 Å². The molecule has 6 heteroatoms. The highest BCUT2D eigenvalue weighted by Crippen LogP contribution is 2.33. The van der Waals surface area contributed by atoms with Crippen LogP contribution < -0.4 is 15.2 Å². The fourth-order valence-electron chi connectivity index (χ4n) is 2.07. The van der Waals surface area contributed by atoms with Crippen molar-refractivity contribution in [3.05, 3.63) is 48.0 Å². The molecule has 0 bridgehead atoms. The summed E-state index contributed by atoms with van der Waals surface area (Å²) in [6, 6.07) is 11.5. The van der Waals surface area contributed by atoms with Crippen molar-refractivity contribution in [3.8, 4) is 11.5 Å². The van der Waals surface area contributed by atoms with Crippen LogP contribution in [0.3, 0.4) is 0 Å². The van der Waals surface area contributed by atoms with Crippen molar-refractivity contribution in [2.75, 3.05) is 20.0 Å². The Balaban J connectivity index is 2.46. The first-order valence-electron chi connectivity index (χ1n) is 6.26. The van der Waals surface area contributed by atoms with E-state index in [4.69, 9.17) is 15.2 Å². The number of rotatable bonds is 5. The molecule has 5 nitrogen and oxygen atoms in total. The summed E-state index contributed by atoms with van der Waals surface area (Å²) in [7, 11) is -0.527. The van der Waals surface area contributed by atoms with Crippen LogP contribution in [0.25, 0.3) is 0 Å². The molecule has 2 N–H and O–H groups in total. The van der Waals surface area contributed by atoms with Crippen LogP contribution in [0.1, 0.15) is 5.56 Å². The van der Waals surface area contributed by atoms with Crippen molar-refractivity contribution in [1.82, 2.24) is 0 Å². The molecule has 0 radical (unpaired) electrons. The van der Waals surface area contributed by atoms with E-state index >= 15 is 0 Å². The third-order valence-electron chi connectivity index (χ3n) is 3.06. The molecule has 0 aromatic heterocycles. The molecule has 2 rings (SSSR count). The zero-order chi connectivity index (χ0) is 15.5. The predicted molar refractivity (Wildman–Crippen MR) is 81.3 cm³/mol. The van der Waals surface area contributed by atoms with Crippen LogP contribution in [0, 0.1) is 0 Å². The lowest BCUT2D eigenvalue weighted by Crippen LogP contribution is -2.07. The topological polar surface area (TPSA) is 78.6 Å². The van der Waals surface area contributed by atoms with Crippen molar-refractivity contribution in [2.45, 2.75) is 10.6 Å². The highest BCUT2D eigenvalue weighted by molar-refractivity contribution is 7.90. The van der Waals surface area contributed by atoms with Gasteiger partial charge < -0.3 is 15.2 Å². The minimum atomic E-state index is -3.48. The molecule has 0 aliphatic heterocycles. The predicted octanol–water partition coefficient (Wildman–Crippen LogP) is 2.26. The fourth-order valence-corrected chi connectivity index (χ4v) is 3.44. The summed E-state index contributed by atoms with van der Waals surface area (Å²) < 4.78 is 35.2. The quantitative estimate of drug-likeness (QED) is 0.857. The first kappa shape index (κ1) is 15.2. The lowest BCUT2D eigenvalue weighted by Gasteiger charge is -2.13. The van der Waals surface area contributed by atoms with E-state index in [1.165, 1.54) is 14.2 Å². The average molecular weight is 307 g/mol. The lowest BCUT2D eigenvalue weighted by molar-refractivity contribution is 0.402. The molecule has 112 valence electrons. The molecular formula is C15H17NO4S. The van der Waals surface area contributed by atoms with Crippen molar-refractivity contribution in [2.24, 2.45) is 0 Å². The molecule has 0 spiro atoms. The number of benzene rings is 2. The molecule has 21 heavy (non-hydrogen) atoms. The third-order valence-corrected chi connectivity index (χ3v) is 4.74. The lowest BCUT2D eigenvalue weighted by atomic mass is 10.2. The number of hydrogen-bond donors (Lipinski definition) is 1. The van der Waals surface area contributed by atoms with Gasteiger partial charge in [-0.05, 0) is 18.2 Å². The van der Waals surface area contributed by atoms with E-state index in [1.807, 2.05) is 0 Å². The fraction of sp³-hybridized carbons (Fsp3) is 0.200. The maximum absolute atomic E-state index is 12.4. The van der Waals surface area contributed by atoms with Gasteiger partial charge in [0.15, 0.2) is 9.84 Å². The Kier molecular flexibility index (Phi) is 4.37. The first-order valence-corrected chi connectivity index (χ1v) is 7.91. The van der Waals surface area contributed by atoms with Crippen LogP contribution in [-0.4, -0.2) is 22.6 Å². The van der Waals surface area contributed by atoms with Crippen LogP contribution in [0.4, 0.5) is 5.69 Å². The van der Waals surface area contributed by atoms with Gasteiger partial charge in [0.05, 0.1) is 30.6 Å². The maximum Gasteiger partial charge on any atom is 0.182 e. The third kappa shape index (κ3) is 3.28. The van der Waals surface area contributed by atoms with Crippen molar-refractivity contribution in [1.29, 1.82) is 0 Å². The van der Waals surface area contributed by atoms with E-state index in [2.05, 4.69) is 0 Å². The molecule has 0 saturated heterocycles. The number of anilines is 1. The number of sulfone groups is 1. The SMILES string of the molecule is COc1cc(N)c(OC)c(CS(=O)(=O)c2ccccc2)c1. The van der Waals surface area contributed by atoms with E-state index in [9.17, 15) is 8.42 Å². The summed E-state index contributed by atoms with van der Waals surface area (Å²) >= 11 is 0. The Morgan fingerprint density at radius 1 is 1.05 bits per heavy atom. The van der Waals surface area contributed by atoms with Gasteiger partial charge in [-0.1, -0.05) is 18.2 Å². The van der Waals surface area contributed by atoms with Crippen LogP contribution in [0.15, 0.2) is 47.4 Å². The van der Waals surface area contributed by atoms with E-state index in [1.54, 1.807) is 42.5 Å². The number of ether oxygens (including phenoxy) is 2. The van der Waals surface area contributed by atoms with Gasteiger partial charge in [0.25, 0.3) is 0 Å². The molecule has 2 aromatic carbocycles. The second-order valence-electron chi connectivity index (χ2n) is 4.48. The van der Waals surface area contributed by atoms with E-state index in [0.717, 1.165) is 0 Å². The minimum absolute atomic E-state index is 0.207. The van der Waals surface area contributed by atoms with Gasteiger partial charge in [-0.2, -0.15) is 0 Å². The molecule has 2 aromatic rings. The highest BCUT2D eigenvalue weighted by atomic mass is 32.2. The Labute approximate surface area is 124 Å². The van der Waals surface area contributed by atoms with Gasteiger partial charge in [-0.3, -0.25) is 0 Å². The van der Waals surface area contributed by atoms with Gasteiger partial charge in [0.1, 0.15) is 11.5 Å². The number of hydrogen-bond acceptors (Lipinski definition) is 5. The Morgan fingerprint density at radius 3 is 2.29 bits per heavy atom. The Morgan fingerprint density at radius 2 is 1.71 bits per heavy atom. The second kappa shape index (κ2) is 6.05. The molecule has 0 amide bonds. The summed E-state index contributed by atoms with van der Waals surface area (Å²) in [5.74, 6) is 0.642. The van der Waals surface area contributed by atoms with Gasteiger partial charge in [0.2, 0.25) is 0 Å². The van der Waals surface area contributed by atoms with Gasteiger partial charge >= 0.3 is 0 Å². The molecule has 0 unspecified atom stereocenters. The minimum Gasteiger partial charge on any atom is -0.497 e. The highest BCUT2D eigenvalue weighted by Gasteiger charge is 2.20. The maximum atomic E-state index is 12.4. The molecule has 0 heterocycles. The summed E-state index contributed by atoms with van der Waals surface area (Å²) in [6.07, 6.45) is 0. The Bertz CT molecular complexity index is 727. The zero-order valence-electron chi connectivity index (χ0n) is 11.9. The summed E-state index contributed by atoms with van der Waals surface area (Å²) in [4.78, 5) is 0.258. The number of nitrogen functional groups attached to an aromatic ring is 1. The molecule has 0 aliphatic carbocycles. The van der Waals surface area contributed by atoms with Gasteiger partial charge in [-0.25, -0.2) is 8.42 Å². The average Bonchev–Trinajstić information content (AvgIpc) is 2.47. The van der Waals surface area contributed by atoms with Crippen LogP contribution in [0.2, 0.25) is 0 Å². The summed E-state index contributed by atoms with van der Waals surface area (Å²) in [5.41, 5.74) is 6.68. The molecule has 0 fully saturated rings. The van der Waals surface area contributed by atoms with Crippen molar-refractivity contribution < 1.29 is 17.9 Å². The van der Waals surface area contributed by atoms with Crippen LogP contribution in [0.5, 0.6) is 11.5 Å². The van der Waals surface area contributed by atoms with Crippen molar-refractivity contribution >= 4 is 15.5 Å². The molecule has 0 aliphatic rings. The monoisotopic (exact) mass is 307 g/mol. The normalized spacial score (nSPS) is 11.1. The number of methoxy groups -OCH3 is 2. The zero-order valence-corrected chi connectivity index (χ0v) is 12.7. The Hall–Kier alpha value is -2.21. The van der Waals surface area contributed by atoms with Crippen LogP contribution in [-0.2, 0) is 15.6 Å². The molecule has 0 saturated carbocycles. The van der Waals surface area contributed by atoms with E-state index in [0.29, 0.717) is 22.7 Å². The summed E-state index contributed by atoms with van der Waals surface area (Å²) in [6.45, 7) is 0. The smallest absolute Gasteiger partial charge is 0.182 e. The van der Waals surface area contributed by atoms with E-state index in [-0.39, 0.29) is 10.6 Å². The second-order valence-corrected chi connectivity index (χ2v) is 6.47. The molecule has 0 atom stereocenters. The number of nitrogens with two attached hydrogens (primary N) is 1. The van der Waals surface area contributed by atoms with Crippen molar-refractivity contribution in [3.63, 3.8) is 0 Å². The molecular weight excluding hydrogens is 290 g/mol. The standard InChI is InChI=1S/C15H17NO4S/c1-19-12-8-11(15(20-2)14(16)9-12)10-21(17,18)13-6-4-3-5-7-13/h3-9H,10,16H2,1-2H3. The van der Waals surface area contributed by atoms with Gasteiger partial charge in [0, 0.05) is 11.6 Å². The first-order chi connectivity index (χ1) is 9.97. The van der Waals surface area contributed by atoms with Gasteiger partial charge in [-0.15, -0.1) is 0 Å². The summed E-state index contributed by atoms with van der Waals surface area (Å²) in [5, 5.41) is 0.